The molecule has 1 N–H and O–H groups in total. The van der Waals surface area contributed by atoms with Crippen LogP contribution in [0, 0.1) is 5.92 Å². The van der Waals surface area contributed by atoms with Crippen molar-refractivity contribution in [3.63, 3.8) is 0 Å². The van der Waals surface area contributed by atoms with Gasteiger partial charge < -0.3 is 19.9 Å². The topological polar surface area (TPSA) is 78.9 Å². The average Bonchev–Trinajstić information content (AvgIpc) is 2.72. The third-order valence-electron chi connectivity index (χ3n) is 4.83. The van der Waals surface area contributed by atoms with Crippen LogP contribution in [0.25, 0.3) is 0 Å². The molecule has 1 aliphatic rings. The Bertz CT molecular complexity index is 783. The van der Waals surface area contributed by atoms with Gasteiger partial charge in [-0.15, -0.1) is 0 Å². The van der Waals surface area contributed by atoms with Crippen molar-refractivity contribution >= 4 is 46.7 Å². The van der Waals surface area contributed by atoms with Gasteiger partial charge in [-0.3, -0.25) is 9.59 Å². The van der Waals surface area contributed by atoms with E-state index in [2.05, 4.69) is 10.2 Å². The van der Waals surface area contributed by atoms with Gasteiger partial charge >= 0.3 is 6.09 Å². The van der Waals surface area contributed by atoms with Crippen LogP contribution in [0.5, 0.6) is 0 Å². The number of halogens is 2. The number of amides is 2. The van der Waals surface area contributed by atoms with Crippen molar-refractivity contribution in [3.05, 3.63) is 28.2 Å². The molecule has 2 rings (SSSR count). The SMILES string of the molecule is CC.CC(CC(=O)CCNC(=O)OC(C)(C)C)C(=O)N1CCN(c2cc(Cl)cc(Cl)c2)CC1. The first-order valence-electron chi connectivity index (χ1n) is 11.4. The van der Waals surface area contributed by atoms with Gasteiger partial charge in [0, 0.05) is 67.2 Å². The lowest BCUT2D eigenvalue weighted by Crippen LogP contribution is -2.50. The van der Waals surface area contributed by atoms with Gasteiger partial charge in [0.25, 0.3) is 0 Å². The van der Waals surface area contributed by atoms with Crippen LogP contribution in [-0.4, -0.2) is 61.0 Å². The van der Waals surface area contributed by atoms with E-state index in [-0.39, 0.29) is 31.1 Å². The minimum absolute atomic E-state index is 0.0303. The van der Waals surface area contributed by atoms with Gasteiger partial charge in [-0.05, 0) is 39.0 Å². The molecule has 1 saturated heterocycles. The molecule has 0 saturated carbocycles. The molecule has 0 bridgehead atoms. The zero-order valence-corrected chi connectivity index (χ0v) is 22.1. The molecule has 7 nitrogen and oxygen atoms in total. The number of benzene rings is 1. The van der Waals surface area contributed by atoms with Gasteiger partial charge in [-0.1, -0.05) is 44.0 Å². The standard InChI is InChI=1S/C22H31Cl2N3O4.C2H6/c1-15(11-19(28)5-6-25-21(30)31-22(2,3)4)20(29)27-9-7-26(8-10-27)18-13-16(23)12-17(24)14-18;1-2/h12-15H,5-11H2,1-4H3,(H,25,30);1-2H3. The van der Waals surface area contributed by atoms with Crippen molar-refractivity contribution in [2.75, 3.05) is 37.6 Å². The number of carbonyl (C=O) groups excluding carboxylic acids is 3. The third-order valence-corrected chi connectivity index (χ3v) is 5.27. The number of piperazine rings is 1. The summed E-state index contributed by atoms with van der Waals surface area (Å²) in [5.74, 6) is -0.498. The molecule has 186 valence electrons. The van der Waals surface area contributed by atoms with Crippen molar-refractivity contribution in [2.45, 2.75) is 60.0 Å². The van der Waals surface area contributed by atoms with E-state index in [1.54, 1.807) is 38.7 Å². The summed E-state index contributed by atoms with van der Waals surface area (Å²) < 4.78 is 5.13. The molecule has 1 aromatic rings. The number of rotatable bonds is 7. The summed E-state index contributed by atoms with van der Waals surface area (Å²) in [5.41, 5.74) is 0.350. The number of alkyl carbamates (subject to hydrolysis) is 1. The van der Waals surface area contributed by atoms with Gasteiger partial charge in [0.15, 0.2) is 0 Å². The number of ketones is 1. The minimum Gasteiger partial charge on any atom is -0.444 e. The predicted octanol–water partition coefficient (Wildman–Crippen LogP) is 5.18. The molecule has 1 unspecified atom stereocenters. The maximum Gasteiger partial charge on any atom is 0.407 e. The third kappa shape index (κ3) is 10.7. The van der Waals surface area contributed by atoms with Crippen LogP contribution in [0.3, 0.4) is 0 Å². The molecule has 0 aromatic heterocycles. The summed E-state index contributed by atoms with van der Waals surface area (Å²) in [4.78, 5) is 40.5. The van der Waals surface area contributed by atoms with Crippen LogP contribution >= 0.6 is 23.2 Å². The number of hydrogen-bond acceptors (Lipinski definition) is 5. The number of nitrogens with zero attached hydrogens (tertiary/aromatic N) is 2. The zero-order valence-electron chi connectivity index (χ0n) is 20.5. The number of nitrogens with one attached hydrogen (secondary N) is 1. The lowest BCUT2D eigenvalue weighted by molar-refractivity contribution is -0.137. The van der Waals surface area contributed by atoms with E-state index in [1.165, 1.54) is 0 Å². The van der Waals surface area contributed by atoms with E-state index in [4.69, 9.17) is 27.9 Å². The second kappa shape index (κ2) is 13.7. The molecular weight excluding hydrogens is 465 g/mol. The fraction of sp³-hybridized carbons (Fsp3) is 0.625. The second-order valence-electron chi connectivity index (χ2n) is 8.76. The molecular formula is C24H37Cl2N3O4. The highest BCUT2D eigenvalue weighted by atomic mass is 35.5. The van der Waals surface area contributed by atoms with E-state index in [1.807, 2.05) is 26.0 Å². The Morgan fingerprint density at radius 1 is 1.03 bits per heavy atom. The molecule has 0 spiro atoms. The van der Waals surface area contributed by atoms with E-state index >= 15 is 0 Å². The largest absolute Gasteiger partial charge is 0.444 e. The number of Topliss-reactive ketones (excluding diaryl/α,β-unsaturated/α-hetero) is 1. The van der Waals surface area contributed by atoms with E-state index in [9.17, 15) is 14.4 Å². The number of anilines is 1. The molecule has 0 radical (unpaired) electrons. The van der Waals surface area contributed by atoms with Crippen LogP contribution in [-0.2, 0) is 14.3 Å². The summed E-state index contributed by atoms with van der Waals surface area (Å²) in [6, 6.07) is 5.41. The second-order valence-corrected chi connectivity index (χ2v) is 9.64. The van der Waals surface area contributed by atoms with E-state index in [0.29, 0.717) is 36.2 Å². The Morgan fingerprint density at radius 2 is 1.58 bits per heavy atom. The Hall–Kier alpha value is -1.99. The number of carbonyl (C=O) groups is 3. The maximum atomic E-state index is 12.7. The Morgan fingerprint density at radius 3 is 2.09 bits per heavy atom. The summed E-state index contributed by atoms with van der Waals surface area (Å²) >= 11 is 12.2. The highest BCUT2D eigenvalue weighted by Crippen LogP contribution is 2.26. The average molecular weight is 502 g/mol. The summed E-state index contributed by atoms with van der Waals surface area (Å²) in [6.07, 6.45) is -0.234. The fourth-order valence-corrected chi connectivity index (χ4v) is 3.88. The molecule has 2 amide bonds. The Kier molecular flexibility index (Phi) is 12.0. The van der Waals surface area contributed by atoms with Crippen LogP contribution in [0.1, 0.15) is 54.4 Å². The fourth-order valence-electron chi connectivity index (χ4n) is 3.37. The first-order valence-corrected chi connectivity index (χ1v) is 12.2. The lowest BCUT2D eigenvalue weighted by Gasteiger charge is -2.37. The summed E-state index contributed by atoms with van der Waals surface area (Å²) in [5, 5.41) is 3.72. The van der Waals surface area contributed by atoms with Gasteiger partial charge in [0.1, 0.15) is 11.4 Å². The molecule has 9 heteroatoms. The molecule has 1 heterocycles. The van der Waals surface area contributed by atoms with Gasteiger partial charge in [-0.25, -0.2) is 4.79 Å². The first-order chi connectivity index (χ1) is 15.4. The van der Waals surface area contributed by atoms with Crippen molar-refractivity contribution in [1.29, 1.82) is 0 Å². The van der Waals surface area contributed by atoms with E-state index in [0.717, 1.165) is 5.69 Å². The normalized spacial score (nSPS) is 14.7. The Balaban J connectivity index is 0.00000265. The van der Waals surface area contributed by atoms with Crippen LogP contribution in [0.2, 0.25) is 10.0 Å². The van der Waals surface area contributed by atoms with E-state index < -0.39 is 17.6 Å². The van der Waals surface area contributed by atoms with Crippen LogP contribution < -0.4 is 10.2 Å². The van der Waals surface area contributed by atoms with Crippen LogP contribution in [0.4, 0.5) is 10.5 Å². The van der Waals surface area contributed by atoms with Crippen molar-refractivity contribution < 1.29 is 19.1 Å². The monoisotopic (exact) mass is 501 g/mol. The van der Waals surface area contributed by atoms with Crippen molar-refractivity contribution in [2.24, 2.45) is 5.92 Å². The molecule has 1 fully saturated rings. The van der Waals surface area contributed by atoms with Crippen molar-refractivity contribution in [3.8, 4) is 0 Å². The molecule has 1 atom stereocenters. The van der Waals surface area contributed by atoms with Gasteiger partial charge in [0.05, 0.1) is 0 Å². The van der Waals surface area contributed by atoms with Crippen LogP contribution in [0.15, 0.2) is 18.2 Å². The smallest absolute Gasteiger partial charge is 0.407 e. The quantitative estimate of drug-likeness (QED) is 0.556. The Labute approximate surface area is 207 Å². The number of hydrogen-bond donors (Lipinski definition) is 1. The summed E-state index contributed by atoms with van der Waals surface area (Å²) in [6.45, 7) is 13.8. The summed E-state index contributed by atoms with van der Waals surface area (Å²) in [7, 11) is 0. The maximum absolute atomic E-state index is 12.7. The number of ether oxygens (including phenoxy) is 1. The molecule has 33 heavy (non-hydrogen) atoms. The zero-order chi connectivity index (χ0) is 25.2. The first kappa shape index (κ1) is 29.0. The molecule has 1 aromatic carbocycles. The molecule has 0 aliphatic carbocycles. The predicted molar refractivity (Wildman–Crippen MR) is 134 cm³/mol. The highest BCUT2D eigenvalue weighted by molar-refractivity contribution is 6.35. The van der Waals surface area contributed by atoms with Gasteiger partial charge in [0.2, 0.25) is 5.91 Å². The molecule has 1 aliphatic heterocycles. The van der Waals surface area contributed by atoms with Crippen molar-refractivity contribution in [1.82, 2.24) is 10.2 Å². The minimum atomic E-state index is -0.585. The van der Waals surface area contributed by atoms with Gasteiger partial charge in [-0.2, -0.15) is 0 Å². The highest BCUT2D eigenvalue weighted by Gasteiger charge is 2.26. The lowest BCUT2D eigenvalue weighted by atomic mass is 10.0.